The first kappa shape index (κ1) is 18.8. The molecule has 2 aromatic carbocycles. The minimum atomic E-state index is -3.80. The van der Waals surface area contributed by atoms with Gasteiger partial charge in [-0.05, 0) is 44.2 Å². The number of nitrogens with two attached hydrogens (primary N) is 1. The molecule has 3 rings (SSSR count). The Bertz CT molecular complexity index is 1070. The van der Waals surface area contributed by atoms with Crippen LogP contribution < -0.4 is 5.14 Å². The normalized spacial score (nSPS) is 11.4. The van der Waals surface area contributed by atoms with Crippen molar-refractivity contribution in [2.24, 2.45) is 5.14 Å². The lowest BCUT2D eigenvalue weighted by Gasteiger charge is -2.07. The van der Waals surface area contributed by atoms with E-state index >= 15 is 0 Å². The molecule has 0 bridgehead atoms. The zero-order valence-corrected chi connectivity index (χ0v) is 15.7. The zero-order chi connectivity index (χ0) is 19.6. The highest BCUT2D eigenvalue weighted by atomic mass is 32.2. The molecule has 0 amide bonds. The summed E-state index contributed by atoms with van der Waals surface area (Å²) in [6.45, 7) is 3.94. The van der Waals surface area contributed by atoms with Crippen molar-refractivity contribution in [1.29, 1.82) is 0 Å². The number of carbonyl (C=O) groups excluding carboxylic acids is 1. The molecule has 0 aliphatic carbocycles. The van der Waals surface area contributed by atoms with Gasteiger partial charge in [-0.3, -0.25) is 0 Å². The van der Waals surface area contributed by atoms with Gasteiger partial charge in [-0.1, -0.05) is 29.8 Å². The molecule has 0 atom stereocenters. The molecule has 1 aromatic heterocycles. The molecule has 2 N–H and O–H groups in total. The maximum absolute atomic E-state index is 12.4. The molecule has 0 saturated heterocycles. The lowest BCUT2D eigenvalue weighted by atomic mass is 10.1. The van der Waals surface area contributed by atoms with Crippen LogP contribution in [0.4, 0.5) is 0 Å². The van der Waals surface area contributed by atoms with Gasteiger partial charge in [-0.25, -0.2) is 23.0 Å². The first-order valence-electron chi connectivity index (χ1n) is 8.27. The van der Waals surface area contributed by atoms with E-state index in [-0.39, 0.29) is 17.2 Å². The number of esters is 1. The summed E-state index contributed by atoms with van der Waals surface area (Å²) in [6.07, 6.45) is 0. The summed E-state index contributed by atoms with van der Waals surface area (Å²) in [5.41, 5.74) is 3.33. The van der Waals surface area contributed by atoms with E-state index in [1.165, 1.54) is 28.9 Å². The molecule has 0 spiro atoms. The van der Waals surface area contributed by atoms with Crippen LogP contribution in [-0.4, -0.2) is 30.8 Å². The lowest BCUT2D eigenvalue weighted by molar-refractivity contribution is 0.0515. The van der Waals surface area contributed by atoms with Crippen molar-refractivity contribution in [2.75, 3.05) is 6.61 Å². The molecule has 7 nitrogen and oxygen atoms in total. The number of ether oxygens (including phenoxy) is 1. The van der Waals surface area contributed by atoms with E-state index in [0.717, 1.165) is 11.1 Å². The first-order chi connectivity index (χ1) is 12.8. The van der Waals surface area contributed by atoms with Crippen molar-refractivity contribution in [2.45, 2.75) is 18.7 Å². The Morgan fingerprint density at radius 3 is 2.30 bits per heavy atom. The average Bonchev–Trinajstić information content (AvgIpc) is 3.07. The molecule has 0 fully saturated rings. The maximum Gasteiger partial charge on any atom is 0.357 e. The Balaban J connectivity index is 2.09. The minimum absolute atomic E-state index is 0.0187. The molecule has 8 heteroatoms. The Morgan fingerprint density at radius 1 is 1.11 bits per heavy atom. The molecular formula is C19H19N3O4S. The second-order valence-electron chi connectivity index (χ2n) is 5.95. The van der Waals surface area contributed by atoms with Gasteiger partial charge in [-0.2, -0.15) is 5.10 Å². The van der Waals surface area contributed by atoms with E-state index in [1.807, 2.05) is 31.2 Å². The quantitative estimate of drug-likeness (QED) is 0.680. The van der Waals surface area contributed by atoms with Crippen molar-refractivity contribution in [3.05, 3.63) is 65.9 Å². The van der Waals surface area contributed by atoms with E-state index in [4.69, 9.17) is 9.88 Å². The van der Waals surface area contributed by atoms with Crippen LogP contribution in [0.1, 0.15) is 23.0 Å². The fourth-order valence-electron chi connectivity index (χ4n) is 2.57. The Morgan fingerprint density at radius 2 is 1.74 bits per heavy atom. The third-order valence-electron chi connectivity index (χ3n) is 3.95. The summed E-state index contributed by atoms with van der Waals surface area (Å²) in [5.74, 6) is -0.515. The van der Waals surface area contributed by atoms with Crippen LogP contribution in [0.5, 0.6) is 0 Å². The number of rotatable bonds is 5. The van der Waals surface area contributed by atoms with Crippen LogP contribution in [0.15, 0.2) is 59.5 Å². The van der Waals surface area contributed by atoms with Gasteiger partial charge in [0, 0.05) is 5.56 Å². The number of aromatic nitrogens is 2. The zero-order valence-electron chi connectivity index (χ0n) is 14.9. The second-order valence-corrected chi connectivity index (χ2v) is 7.51. The lowest BCUT2D eigenvalue weighted by Crippen LogP contribution is -2.13. The second kappa shape index (κ2) is 7.34. The molecule has 0 unspecified atom stereocenters. The van der Waals surface area contributed by atoms with Crippen LogP contribution in [0.25, 0.3) is 16.9 Å². The van der Waals surface area contributed by atoms with Gasteiger partial charge < -0.3 is 4.74 Å². The largest absolute Gasteiger partial charge is 0.461 e. The highest BCUT2D eigenvalue weighted by molar-refractivity contribution is 7.89. The number of benzene rings is 2. The van der Waals surface area contributed by atoms with Crippen LogP contribution in [0.2, 0.25) is 0 Å². The highest BCUT2D eigenvalue weighted by Gasteiger charge is 2.19. The van der Waals surface area contributed by atoms with Gasteiger partial charge in [-0.15, -0.1) is 0 Å². The summed E-state index contributed by atoms with van der Waals surface area (Å²) in [5, 5.41) is 9.64. The van der Waals surface area contributed by atoms with Gasteiger partial charge in [0.05, 0.1) is 22.9 Å². The highest BCUT2D eigenvalue weighted by Crippen LogP contribution is 2.23. The SMILES string of the molecule is CCOC(=O)c1cc(-c2ccc(C)cc2)nn1-c1ccc(S(N)(=O)=O)cc1. The molecule has 0 aliphatic heterocycles. The van der Waals surface area contributed by atoms with E-state index in [1.54, 1.807) is 13.0 Å². The van der Waals surface area contributed by atoms with Crippen molar-refractivity contribution in [1.82, 2.24) is 9.78 Å². The number of sulfonamides is 1. The van der Waals surface area contributed by atoms with Gasteiger partial charge in [0.15, 0.2) is 5.69 Å². The number of primary sulfonamides is 1. The fourth-order valence-corrected chi connectivity index (χ4v) is 3.09. The number of carbonyl (C=O) groups is 1. The average molecular weight is 385 g/mol. The van der Waals surface area contributed by atoms with E-state index in [0.29, 0.717) is 11.4 Å². The molecular weight excluding hydrogens is 366 g/mol. The first-order valence-corrected chi connectivity index (χ1v) is 9.81. The number of nitrogens with zero attached hydrogens (tertiary/aromatic N) is 2. The van der Waals surface area contributed by atoms with Crippen LogP contribution >= 0.6 is 0 Å². The van der Waals surface area contributed by atoms with E-state index in [2.05, 4.69) is 5.10 Å². The Kier molecular flexibility index (Phi) is 5.11. The van der Waals surface area contributed by atoms with Gasteiger partial charge in [0.1, 0.15) is 0 Å². The molecule has 0 saturated carbocycles. The van der Waals surface area contributed by atoms with E-state index in [9.17, 15) is 13.2 Å². The summed E-state index contributed by atoms with van der Waals surface area (Å²) in [6, 6.07) is 15.2. The minimum Gasteiger partial charge on any atom is -0.461 e. The number of hydrogen-bond donors (Lipinski definition) is 1. The van der Waals surface area contributed by atoms with Crippen molar-refractivity contribution in [3.8, 4) is 16.9 Å². The number of aryl methyl sites for hydroxylation is 1. The Hall–Kier alpha value is -2.97. The van der Waals surface area contributed by atoms with Crippen molar-refractivity contribution < 1.29 is 17.9 Å². The van der Waals surface area contributed by atoms with Gasteiger partial charge in [0.2, 0.25) is 10.0 Å². The van der Waals surface area contributed by atoms with Crippen LogP contribution in [-0.2, 0) is 14.8 Å². The number of hydrogen-bond acceptors (Lipinski definition) is 5. The molecule has 1 heterocycles. The smallest absolute Gasteiger partial charge is 0.357 e. The van der Waals surface area contributed by atoms with Gasteiger partial charge >= 0.3 is 5.97 Å². The van der Waals surface area contributed by atoms with Crippen LogP contribution in [0.3, 0.4) is 0 Å². The predicted octanol–water partition coefficient (Wildman–Crippen LogP) is 2.67. The fraction of sp³-hybridized carbons (Fsp3) is 0.158. The third-order valence-corrected chi connectivity index (χ3v) is 4.88. The monoisotopic (exact) mass is 385 g/mol. The van der Waals surface area contributed by atoms with Crippen LogP contribution in [0, 0.1) is 6.92 Å². The molecule has 0 aliphatic rings. The molecule has 0 radical (unpaired) electrons. The maximum atomic E-state index is 12.4. The summed E-state index contributed by atoms with van der Waals surface area (Å²) in [7, 11) is -3.80. The standard InChI is InChI=1S/C19H19N3O4S/c1-3-26-19(23)18-12-17(14-6-4-13(2)5-7-14)21-22(18)15-8-10-16(11-9-15)27(20,24)25/h4-12H,3H2,1-2H3,(H2,20,24,25). The van der Waals surface area contributed by atoms with Crippen molar-refractivity contribution in [3.63, 3.8) is 0 Å². The van der Waals surface area contributed by atoms with Crippen molar-refractivity contribution >= 4 is 16.0 Å². The van der Waals surface area contributed by atoms with E-state index < -0.39 is 16.0 Å². The Labute approximate surface area is 157 Å². The summed E-state index contributed by atoms with van der Waals surface area (Å²) in [4.78, 5) is 12.3. The summed E-state index contributed by atoms with van der Waals surface area (Å²) >= 11 is 0. The molecule has 3 aromatic rings. The van der Waals surface area contributed by atoms with Gasteiger partial charge in [0.25, 0.3) is 0 Å². The molecule has 27 heavy (non-hydrogen) atoms. The third kappa shape index (κ3) is 4.07. The topological polar surface area (TPSA) is 104 Å². The predicted molar refractivity (Wildman–Crippen MR) is 101 cm³/mol. The summed E-state index contributed by atoms with van der Waals surface area (Å²) < 4.78 is 29.4. The molecule has 140 valence electrons.